The minimum atomic E-state index is -0.0511. The van der Waals surface area contributed by atoms with Gasteiger partial charge in [-0.3, -0.25) is 9.78 Å². The van der Waals surface area contributed by atoms with Crippen LogP contribution in [0.15, 0.2) is 24.4 Å². The monoisotopic (exact) mass is 344 g/mol. The molecule has 0 spiro atoms. The van der Waals surface area contributed by atoms with Crippen LogP contribution in [-0.2, 0) is 20.9 Å². The van der Waals surface area contributed by atoms with Crippen LogP contribution in [0.2, 0.25) is 0 Å². The van der Waals surface area contributed by atoms with Crippen LogP contribution in [0.1, 0.15) is 44.2 Å². The highest BCUT2D eigenvalue weighted by molar-refractivity contribution is 5.77. The van der Waals surface area contributed by atoms with E-state index in [2.05, 4.69) is 9.88 Å². The van der Waals surface area contributed by atoms with Gasteiger partial charge in [-0.25, -0.2) is 0 Å². The van der Waals surface area contributed by atoms with E-state index in [1.54, 1.807) is 6.20 Å². The first-order valence-electron chi connectivity index (χ1n) is 9.62. The van der Waals surface area contributed by atoms with Gasteiger partial charge in [0.05, 0.1) is 25.0 Å². The van der Waals surface area contributed by atoms with Gasteiger partial charge in [0, 0.05) is 37.7 Å². The van der Waals surface area contributed by atoms with Crippen LogP contribution >= 0.6 is 0 Å². The van der Waals surface area contributed by atoms with Gasteiger partial charge in [0.1, 0.15) is 0 Å². The van der Waals surface area contributed by atoms with E-state index in [0.717, 1.165) is 51.1 Å². The number of carbonyl (C=O) groups is 1. The molecule has 1 aromatic rings. The fourth-order valence-corrected chi connectivity index (χ4v) is 4.25. The molecule has 0 unspecified atom stereocenters. The van der Waals surface area contributed by atoms with Crippen LogP contribution in [0.3, 0.4) is 0 Å². The van der Waals surface area contributed by atoms with Crippen LogP contribution in [-0.4, -0.2) is 48.2 Å². The van der Waals surface area contributed by atoms with Crippen LogP contribution in [0, 0.1) is 11.3 Å². The minimum Gasteiger partial charge on any atom is -0.377 e. The number of fused-ring (bicyclic) bond motifs is 1. The average molecular weight is 344 g/mol. The lowest BCUT2D eigenvalue weighted by Crippen LogP contribution is -2.58. The van der Waals surface area contributed by atoms with Crippen molar-refractivity contribution in [3.63, 3.8) is 0 Å². The number of ether oxygens (including phenoxy) is 2. The van der Waals surface area contributed by atoms with Gasteiger partial charge < -0.3 is 14.4 Å². The molecule has 1 aromatic heterocycles. The summed E-state index contributed by atoms with van der Waals surface area (Å²) in [5, 5.41) is 0. The lowest BCUT2D eigenvalue weighted by Gasteiger charge is -2.50. The minimum absolute atomic E-state index is 0.0511. The summed E-state index contributed by atoms with van der Waals surface area (Å²) in [4.78, 5) is 19.0. The Morgan fingerprint density at radius 1 is 1.36 bits per heavy atom. The van der Waals surface area contributed by atoms with Crippen molar-refractivity contribution in [2.24, 2.45) is 11.3 Å². The van der Waals surface area contributed by atoms with Crippen molar-refractivity contribution in [2.75, 3.05) is 26.3 Å². The summed E-state index contributed by atoms with van der Waals surface area (Å²) >= 11 is 0. The van der Waals surface area contributed by atoms with Gasteiger partial charge in [0.15, 0.2) is 0 Å². The lowest BCUT2D eigenvalue weighted by atomic mass is 9.73. The summed E-state index contributed by atoms with van der Waals surface area (Å²) in [7, 11) is 0. The van der Waals surface area contributed by atoms with Crippen LogP contribution < -0.4 is 0 Å². The molecule has 136 valence electrons. The number of amides is 1. The molecule has 0 bridgehead atoms. The molecule has 2 aliphatic heterocycles. The number of piperidine rings is 1. The van der Waals surface area contributed by atoms with Gasteiger partial charge >= 0.3 is 0 Å². The number of rotatable bonds is 6. The second kappa shape index (κ2) is 7.42. The maximum absolute atomic E-state index is 12.6. The summed E-state index contributed by atoms with van der Waals surface area (Å²) in [5.41, 5.74) is 0.898. The van der Waals surface area contributed by atoms with E-state index in [1.807, 2.05) is 18.2 Å². The molecule has 0 radical (unpaired) electrons. The van der Waals surface area contributed by atoms with Gasteiger partial charge in [-0.2, -0.15) is 0 Å². The van der Waals surface area contributed by atoms with Crippen LogP contribution in [0.5, 0.6) is 0 Å². The molecule has 1 amide bonds. The molecular formula is C20H28N2O3. The van der Waals surface area contributed by atoms with E-state index in [0.29, 0.717) is 25.0 Å². The topological polar surface area (TPSA) is 51.7 Å². The van der Waals surface area contributed by atoms with Crippen molar-refractivity contribution >= 4 is 5.91 Å². The Kier molecular flexibility index (Phi) is 5.04. The van der Waals surface area contributed by atoms with Crippen LogP contribution in [0.25, 0.3) is 0 Å². The summed E-state index contributed by atoms with van der Waals surface area (Å²) in [6.07, 6.45) is 8.26. The maximum Gasteiger partial charge on any atom is 0.222 e. The molecule has 3 fully saturated rings. The number of pyridine rings is 1. The first-order valence-corrected chi connectivity index (χ1v) is 9.62. The molecule has 2 saturated heterocycles. The normalized spacial score (nSPS) is 29.3. The number of aromatic nitrogens is 1. The van der Waals surface area contributed by atoms with Crippen molar-refractivity contribution in [1.82, 2.24) is 9.88 Å². The number of hydrogen-bond acceptors (Lipinski definition) is 4. The Bertz CT molecular complexity index is 590. The molecular weight excluding hydrogens is 316 g/mol. The van der Waals surface area contributed by atoms with Crippen molar-refractivity contribution in [3.8, 4) is 0 Å². The zero-order valence-corrected chi connectivity index (χ0v) is 14.9. The summed E-state index contributed by atoms with van der Waals surface area (Å²) in [6.45, 7) is 3.61. The Morgan fingerprint density at radius 3 is 3.08 bits per heavy atom. The zero-order chi connectivity index (χ0) is 17.1. The third-order valence-electron chi connectivity index (χ3n) is 5.87. The predicted octanol–water partition coefficient (Wildman–Crippen LogP) is 2.80. The fourth-order valence-electron chi connectivity index (χ4n) is 4.25. The Hall–Kier alpha value is -1.46. The quantitative estimate of drug-likeness (QED) is 0.796. The molecule has 5 heteroatoms. The van der Waals surface area contributed by atoms with E-state index < -0.39 is 0 Å². The third kappa shape index (κ3) is 4.04. The summed E-state index contributed by atoms with van der Waals surface area (Å²) < 4.78 is 12.1. The number of likely N-dealkylation sites (tertiary alicyclic amines) is 1. The van der Waals surface area contributed by atoms with E-state index in [-0.39, 0.29) is 11.5 Å². The number of hydrogen-bond donors (Lipinski definition) is 0. The van der Waals surface area contributed by atoms with Gasteiger partial charge in [-0.05, 0) is 50.2 Å². The second-order valence-corrected chi connectivity index (χ2v) is 7.89. The molecule has 4 rings (SSSR count). The first-order chi connectivity index (χ1) is 12.3. The molecule has 3 heterocycles. The van der Waals surface area contributed by atoms with E-state index in [9.17, 15) is 4.79 Å². The lowest BCUT2D eigenvalue weighted by molar-refractivity contribution is -0.166. The molecule has 0 N–H and O–H groups in total. The highest BCUT2D eigenvalue weighted by Gasteiger charge is 2.47. The van der Waals surface area contributed by atoms with Gasteiger partial charge in [0.25, 0.3) is 0 Å². The third-order valence-corrected chi connectivity index (χ3v) is 5.87. The highest BCUT2D eigenvalue weighted by atomic mass is 16.5. The van der Waals surface area contributed by atoms with E-state index in [4.69, 9.17) is 9.47 Å². The SMILES string of the molecule is O=C(CC1CC1)N1CC[C@@H]2OCCC[C@@]2(COCc2ccccn2)C1. The summed E-state index contributed by atoms with van der Waals surface area (Å²) in [6, 6.07) is 5.88. The molecule has 1 saturated carbocycles. The smallest absolute Gasteiger partial charge is 0.222 e. The van der Waals surface area contributed by atoms with Gasteiger partial charge in [-0.15, -0.1) is 0 Å². The largest absolute Gasteiger partial charge is 0.377 e. The van der Waals surface area contributed by atoms with E-state index in [1.165, 1.54) is 12.8 Å². The van der Waals surface area contributed by atoms with Crippen molar-refractivity contribution < 1.29 is 14.3 Å². The van der Waals surface area contributed by atoms with Gasteiger partial charge in [0.2, 0.25) is 5.91 Å². The van der Waals surface area contributed by atoms with Crippen LogP contribution in [0.4, 0.5) is 0 Å². The zero-order valence-electron chi connectivity index (χ0n) is 14.9. The van der Waals surface area contributed by atoms with Crippen molar-refractivity contribution in [2.45, 2.75) is 51.2 Å². The molecule has 0 aromatic carbocycles. The Balaban J connectivity index is 1.39. The van der Waals surface area contributed by atoms with Crippen molar-refractivity contribution in [3.05, 3.63) is 30.1 Å². The second-order valence-electron chi connectivity index (χ2n) is 7.89. The molecule has 2 atom stereocenters. The molecule has 5 nitrogen and oxygen atoms in total. The standard InChI is InChI=1S/C20H28N2O3/c23-19(12-16-5-6-16)22-10-7-18-20(14-22,8-3-11-25-18)15-24-13-17-4-1-2-9-21-17/h1-2,4,9,16,18H,3,5-8,10-15H2/t18-,20-/m0/s1. The number of nitrogens with zero attached hydrogens (tertiary/aromatic N) is 2. The average Bonchev–Trinajstić information content (AvgIpc) is 3.46. The first kappa shape index (κ1) is 17.0. The molecule has 1 aliphatic carbocycles. The Morgan fingerprint density at radius 2 is 2.28 bits per heavy atom. The molecule has 25 heavy (non-hydrogen) atoms. The number of carbonyl (C=O) groups excluding carboxylic acids is 1. The fraction of sp³-hybridized carbons (Fsp3) is 0.700. The summed E-state index contributed by atoms with van der Waals surface area (Å²) in [5.74, 6) is 0.972. The molecule has 3 aliphatic rings. The van der Waals surface area contributed by atoms with Crippen molar-refractivity contribution in [1.29, 1.82) is 0 Å². The predicted molar refractivity (Wildman–Crippen MR) is 93.8 cm³/mol. The maximum atomic E-state index is 12.6. The Labute approximate surface area is 149 Å². The van der Waals surface area contributed by atoms with E-state index >= 15 is 0 Å². The highest BCUT2D eigenvalue weighted by Crippen LogP contribution is 2.41. The van der Waals surface area contributed by atoms with Gasteiger partial charge in [-0.1, -0.05) is 6.07 Å².